The van der Waals surface area contributed by atoms with Gasteiger partial charge in [0.1, 0.15) is 0 Å². The second kappa shape index (κ2) is 6.61. The first-order chi connectivity index (χ1) is 12.6. The molecule has 1 aliphatic rings. The van der Waals surface area contributed by atoms with Crippen molar-refractivity contribution in [1.82, 2.24) is 9.88 Å². The van der Waals surface area contributed by atoms with Crippen molar-refractivity contribution in [3.05, 3.63) is 59.2 Å². The van der Waals surface area contributed by atoms with Crippen molar-refractivity contribution in [3.63, 3.8) is 0 Å². The number of hydrogen-bond donors (Lipinski definition) is 1. The maximum absolute atomic E-state index is 12.0. The van der Waals surface area contributed by atoms with Crippen LogP contribution in [0.1, 0.15) is 41.3 Å². The largest absolute Gasteiger partial charge is 0.465 e. The molecule has 26 heavy (non-hydrogen) atoms. The third kappa shape index (κ3) is 2.71. The SMILES string of the molecule is COC(=O)c1ccc2cc3n(c2c1)CCNCc1cccc(C(C)C)c1-3. The lowest BCUT2D eigenvalue weighted by molar-refractivity contribution is 0.0601. The van der Waals surface area contributed by atoms with E-state index in [1.807, 2.05) is 18.2 Å². The van der Waals surface area contributed by atoms with Crippen molar-refractivity contribution in [2.75, 3.05) is 13.7 Å². The fourth-order valence-electron chi connectivity index (χ4n) is 3.92. The number of esters is 1. The fraction of sp³-hybridized carbons (Fsp3) is 0.318. The molecule has 2 heterocycles. The molecule has 4 nitrogen and oxygen atoms in total. The fourth-order valence-corrected chi connectivity index (χ4v) is 3.92. The Bertz CT molecular complexity index is 985. The van der Waals surface area contributed by atoms with Crippen LogP contribution in [0.15, 0.2) is 42.5 Å². The molecule has 0 radical (unpaired) electrons. The van der Waals surface area contributed by atoms with Crippen LogP contribution in [0.3, 0.4) is 0 Å². The van der Waals surface area contributed by atoms with Gasteiger partial charge in [0, 0.05) is 41.8 Å². The van der Waals surface area contributed by atoms with Gasteiger partial charge in [0.05, 0.1) is 12.7 Å². The quantitative estimate of drug-likeness (QED) is 0.701. The van der Waals surface area contributed by atoms with Crippen LogP contribution in [0.4, 0.5) is 0 Å². The number of nitrogens with zero attached hydrogens (tertiary/aromatic N) is 1. The Labute approximate surface area is 153 Å². The number of fused-ring (bicyclic) bond motifs is 5. The Balaban J connectivity index is 2.01. The molecule has 0 bridgehead atoms. The minimum Gasteiger partial charge on any atom is -0.465 e. The molecular formula is C22H24N2O2. The number of ether oxygens (including phenoxy) is 1. The zero-order chi connectivity index (χ0) is 18.3. The van der Waals surface area contributed by atoms with Crippen molar-refractivity contribution < 1.29 is 9.53 Å². The molecule has 3 aromatic rings. The average Bonchev–Trinajstić information content (AvgIpc) is 2.98. The maximum atomic E-state index is 12.0. The van der Waals surface area contributed by atoms with Gasteiger partial charge in [0.2, 0.25) is 0 Å². The van der Waals surface area contributed by atoms with Crippen LogP contribution < -0.4 is 5.32 Å². The number of carbonyl (C=O) groups excluding carboxylic acids is 1. The first-order valence-corrected chi connectivity index (χ1v) is 9.14. The zero-order valence-corrected chi connectivity index (χ0v) is 15.5. The molecule has 0 unspecified atom stereocenters. The number of methoxy groups -OCH3 is 1. The van der Waals surface area contributed by atoms with Gasteiger partial charge in [-0.1, -0.05) is 38.1 Å². The summed E-state index contributed by atoms with van der Waals surface area (Å²) >= 11 is 0. The van der Waals surface area contributed by atoms with E-state index < -0.39 is 0 Å². The molecule has 4 rings (SSSR count). The van der Waals surface area contributed by atoms with Gasteiger partial charge < -0.3 is 14.6 Å². The number of nitrogens with one attached hydrogen (secondary N) is 1. The maximum Gasteiger partial charge on any atom is 0.337 e. The zero-order valence-electron chi connectivity index (χ0n) is 15.5. The van der Waals surface area contributed by atoms with Crippen molar-refractivity contribution in [2.24, 2.45) is 0 Å². The summed E-state index contributed by atoms with van der Waals surface area (Å²) in [6.07, 6.45) is 0. The van der Waals surface area contributed by atoms with Gasteiger partial charge in [0.15, 0.2) is 0 Å². The predicted molar refractivity (Wildman–Crippen MR) is 105 cm³/mol. The van der Waals surface area contributed by atoms with Crippen LogP contribution in [0, 0.1) is 0 Å². The van der Waals surface area contributed by atoms with Gasteiger partial charge in [-0.15, -0.1) is 0 Å². The van der Waals surface area contributed by atoms with Crippen molar-refractivity contribution in [2.45, 2.75) is 32.9 Å². The molecule has 0 spiro atoms. The molecule has 0 saturated heterocycles. The Morgan fingerprint density at radius 3 is 2.81 bits per heavy atom. The Hall–Kier alpha value is -2.59. The van der Waals surface area contributed by atoms with Crippen molar-refractivity contribution in [3.8, 4) is 11.3 Å². The summed E-state index contributed by atoms with van der Waals surface area (Å²) in [4.78, 5) is 12.0. The van der Waals surface area contributed by atoms with Gasteiger partial charge in [-0.25, -0.2) is 4.79 Å². The van der Waals surface area contributed by atoms with E-state index in [0.717, 1.165) is 30.5 Å². The first-order valence-electron chi connectivity index (χ1n) is 9.14. The van der Waals surface area contributed by atoms with Crippen LogP contribution >= 0.6 is 0 Å². The molecule has 0 amide bonds. The standard InChI is InChI=1S/C22H24N2O2/c1-14(2)18-6-4-5-17-13-23-9-10-24-19-12-16(22(25)26-3)8-7-15(19)11-20(24)21(17)18/h4-8,11-12,14,23H,9-10,13H2,1-3H3. The second-order valence-corrected chi connectivity index (χ2v) is 7.16. The third-order valence-electron chi connectivity index (χ3n) is 5.21. The van der Waals surface area contributed by atoms with E-state index in [0.29, 0.717) is 11.5 Å². The van der Waals surface area contributed by atoms with Crippen molar-refractivity contribution in [1.29, 1.82) is 0 Å². The molecular weight excluding hydrogens is 324 g/mol. The highest BCUT2D eigenvalue weighted by atomic mass is 16.5. The van der Waals surface area contributed by atoms with Crippen LogP contribution in [0.2, 0.25) is 0 Å². The van der Waals surface area contributed by atoms with Gasteiger partial charge in [0.25, 0.3) is 0 Å². The van der Waals surface area contributed by atoms with E-state index in [4.69, 9.17) is 4.74 Å². The molecule has 1 N–H and O–H groups in total. The highest BCUT2D eigenvalue weighted by Crippen LogP contribution is 2.37. The van der Waals surface area contributed by atoms with E-state index in [1.54, 1.807) is 0 Å². The van der Waals surface area contributed by atoms with E-state index in [1.165, 1.54) is 29.5 Å². The highest BCUT2D eigenvalue weighted by Gasteiger charge is 2.21. The van der Waals surface area contributed by atoms with Crippen LogP contribution in [-0.4, -0.2) is 24.2 Å². The van der Waals surface area contributed by atoms with E-state index in [-0.39, 0.29) is 5.97 Å². The molecule has 4 heteroatoms. The molecule has 1 aliphatic heterocycles. The molecule has 0 aliphatic carbocycles. The summed E-state index contributed by atoms with van der Waals surface area (Å²) < 4.78 is 7.23. The minimum atomic E-state index is -0.297. The van der Waals surface area contributed by atoms with Crippen LogP contribution in [0.5, 0.6) is 0 Å². The molecule has 2 aromatic carbocycles. The lowest BCUT2D eigenvalue weighted by Gasteiger charge is -2.23. The molecule has 134 valence electrons. The second-order valence-electron chi connectivity index (χ2n) is 7.16. The molecule has 0 saturated carbocycles. The van der Waals surface area contributed by atoms with Gasteiger partial charge >= 0.3 is 5.97 Å². The Kier molecular flexibility index (Phi) is 4.29. The molecule has 1 aromatic heterocycles. The summed E-state index contributed by atoms with van der Waals surface area (Å²) in [5, 5.41) is 4.69. The van der Waals surface area contributed by atoms with E-state index >= 15 is 0 Å². The predicted octanol–water partition coefficient (Wildman–Crippen LogP) is 4.32. The first kappa shape index (κ1) is 16.9. The number of hydrogen-bond acceptors (Lipinski definition) is 3. The summed E-state index contributed by atoms with van der Waals surface area (Å²) in [7, 11) is 1.42. The Morgan fingerprint density at radius 2 is 2.04 bits per heavy atom. The summed E-state index contributed by atoms with van der Waals surface area (Å²) in [5.74, 6) is 0.149. The van der Waals surface area contributed by atoms with E-state index in [2.05, 4.69) is 48.0 Å². The van der Waals surface area contributed by atoms with Gasteiger partial charge in [-0.05, 0) is 35.2 Å². The Morgan fingerprint density at radius 1 is 1.19 bits per heavy atom. The number of carbonyl (C=O) groups is 1. The topological polar surface area (TPSA) is 43.3 Å². The molecule has 0 atom stereocenters. The normalized spacial score (nSPS) is 13.8. The summed E-state index contributed by atoms with van der Waals surface area (Å²) in [6, 6.07) is 14.7. The number of rotatable bonds is 2. The lowest BCUT2D eigenvalue weighted by atomic mass is 9.91. The summed E-state index contributed by atoms with van der Waals surface area (Å²) in [6.45, 7) is 7.12. The van der Waals surface area contributed by atoms with Gasteiger partial charge in [-0.3, -0.25) is 0 Å². The third-order valence-corrected chi connectivity index (χ3v) is 5.21. The highest BCUT2D eigenvalue weighted by molar-refractivity contribution is 5.96. The van der Waals surface area contributed by atoms with E-state index in [9.17, 15) is 4.79 Å². The van der Waals surface area contributed by atoms with Crippen molar-refractivity contribution >= 4 is 16.9 Å². The number of aromatic nitrogens is 1. The lowest BCUT2D eigenvalue weighted by Crippen LogP contribution is -2.23. The number of benzene rings is 2. The van der Waals surface area contributed by atoms with Crippen LogP contribution in [0.25, 0.3) is 22.2 Å². The smallest absolute Gasteiger partial charge is 0.337 e. The van der Waals surface area contributed by atoms with Gasteiger partial charge in [-0.2, -0.15) is 0 Å². The average molecular weight is 348 g/mol. The summed E-state index contributed by atoms with van der Waals surface area (Å²) in [5.41, 5.74) is 6.93. The molecule has 0 fully saturated rings. The minimum absolute atomic E-state index is 0.297. The van der Waals surface area contributed by atoms with Crippen LogP contribution in [-0.2, 0) is 17.8 Å². The monoisotopic (exact) mass is 348 g/mol.